The quantitative estimate of drug-likeness (QED) is 0.865. The molecule has 1 saturated heterocycles. The molecule has 5 nitrogen and oxygen atoms in total. The van der Waals surface area contributed by atoms with Crippen molar-refractivity contribution < 1.29 is 18.7 Å². The zero-order valence-electron chi connectivity index (χ0n) is 16.8. The summed E-state index contributed by atoms with van der Waals surface area (Å²) in [6.07, 6.45) is 2.04. The lowest BCUT2D eigenvalue weighted by Crippen LogP contribution is -2.53. The van der Waals surface area contributed by atoms with Crippen LogP contribution in [0.15, 0.2) is 18.2 Å². The van der Waals surface area contributed by atoms with Crippen LogP contribution in [0.3, 0.4) is 0 Å². The molecule has 3 rings (SSSR count). The molecule has 1 aliphatic carbocycles. The van der Waals surface area contributed by atoms with Crippen LogP contribution in [-0.2, 0) is 15.9 Å². The molecule has 3 atom stereocenters. The van der Waals surface area contributed by atoms with Crippen molar-refractivity contribution in [3.63, 3.8) is 0 Å². The Kier molecular flexibility index (Phi) is 6.06. The molecular formula is C21H31FN2O3. The Balaban J connectivity index is 1.88. The number of carbonyl (C=O) groups is 1. The number of halogens is 1. The predicted molar refractivity (Wildman–Crippen MR) is 102 cm³/mol. The number of benzene rings is 1. The minimum absolute atomic E-state index is 0.0707. The lowest BCUT2D eigenvalue weighted by Gasteiger charge is -2.41. The summed E-state index contributed by atoms with van der Waals surface area (Å²) in [7, 11) is 0. The minimum atomic E-state index is -0.573. The van der Waals surface area contributed by atoms with Crippen LogP contribution in [0.5, 0.6) is 0 Å². The van der Waals surface area contributed by atoms with Gasteiger partial charge in [0.25, 0.3) is 0 Å². The van der Waals surface area contributed by atoms with Gasteiger partial charge in [-0.25, -0.2) is 9.18 Å². The number of aryl methyl sites for hydroxylation is 1. The maximum Gasteiger partial charge on any atom is 0.411 e. The molecule has 0 spiro atoms. The summed E-state index contributed by atoms with van der Waals surface area (Å²) in [5.74, 6) is -0.230. The van der Waals surface area contributed by atoms with E-state index in [0.29, 0.717) is 13.2 Å². The summed E-state index contributed by atoms with van der Waals surface area (Å²) in [5, 5.41) is 3.42. The first-order valence-electron chi connectivity index (χ1n) is 9.89. The zero-order valence-corrected chi connectivity index (χ0v) is 16.8. The van der Waals surface area contributed by atoms with E-state index in [1.165, 1.54) is 6.07 Å². The smallest absolute Gasteiger partial charge is 0.411 e. The highest BCUT2D eigenvalue weighted by Gasteiger charge is 2.40. The van der Waals surface area contributed by atoms with E-state index < -0.39 is 5.60 Å². The number of hydrogen-bond acceptors (Lipinski definition) is 4. The van der Waals surface area contributed by atoms with Crippen molar-refractivity contribution in [1.29, 1.82) is 0 Å². The topological polar surface area (TPSA) is 50.8 Å². The van der Waals surface area contributed by atoms with Crippen molar-refractivity contribution in [1.82, 2.24) is 10.2 Å². The van der Waals surface area contributed by atoms with E-state index in [9.17, 15) is 9.18 Å². The first-order valence-corrected chi connectivity index (χ1v) is 9.89. The SMILES string of the molecule is CCNC1COCC(N(C(=O)OC(C)(C)C)C2CCc3cc(F)ccc32)C1. The third-order valence-electron chi connectivity index (χ3n) is 5.16. The van der Waals surface area contributed by atoms with E-state index in [-0.39, 0.29) is 30.0 Å². The molecule has 0 radical (unpaired) electrons. The van der Waals surface area contributed by atoms with Crippen LogP contribution in [0, 0.1) is 5.82 Å². The number of rotatable bonds is 4. The summed E-state index contributed by atoms with van der Waals surface area (Å²) in [6, 6.07) is 4.91. The van der Waals surface area contributed by atoms with Crippen molar-refractivity contribution in [3.05, 3.63) is 35.1 Å². The summed E-state index contributed by atoms with van der Waals surface area (Å²) in [6.45, 7) is 9.70. The van der Waals surface area contributed by atoms with Gasteiger partial charge in [-0.2, -0.15) is 0 Å². The molecule has 1 aliphatic heterocycles. The molecule has 1 aromatic rings. The van der Waals surface area contributed by atoms with Gasteiger partial charge in [-0.15, -0.1) is 0 Å². The van der Waals surface area contributed by atoms with Crippen molar-refractivity contribution >= 4 is 6.09 Å². The average Bonchev–Trinajstić information content (AvgIpc) is 2.97. The van der Waals surface area contributed by atoms with Crippen molar-refractivity contribution in [2.24, 2.45) is 0 Å². The summed E-state index contributed by atoms with van der Waals surface area (Å²) in [4.78, 5) is 15.0. The molecule has 1 amide bonds. The van der Waals surface area contributed by atoms with E-state index in [1.54, 1.807) is 6.07 Å². The number of nitrogens with one attached hydrogen (secondary N) is 1. The first kappa shape index (κ1) is 20.1. The van der Waals surface area contributed by atoms with Crippen LogP contribution < -0.4 is 5.32 Å². The summed E-state index contributed by atoms with van der Waals surface area (Å²) >= 11 is 0. The van der Waals surface area contributed by atoms with E-state index in [0.717, 1.165) is 36.9 Å². The average molecular weight is 378 g/mol. The van der Waals surface area contributed by atoms with Gasteiger partial charge in [-0.05, 0) is 69.8 Å². The third kappa shape index (κ3) is 4.79. The van der Waals surface area contributed by atoms with Crippen LogP contribution in [0.4, 0.5) is 9.18 Å². The molecule has 0 bridgehead atoms. The van der Waals surface area contributed by atoms with Crippen molar-refractivity contribution in [2.75, 3.05) is 19.8 Å². The summed E-state index contributed by atoms with van der Waals surface area (Å²) in [5.41, 5.74) is 1.43. The van der Waals surface area contributed by atoms with Gasteiger partial charge >= 0.3 is 6.09 Å². The molecular weight excluding hydrogens is 347 g/mol. The van der Waals surface area contributed by atoms with E-state index in [1.807, 2.05) is 31.7 Å². The van der Waals surface area contributed by atoms with Crippen LogP contribution in [-0.4, -0.2) is 48.4 Å². The second-order valence-electron chi connectivity index (χ2n) is 8.47. The van der Waals surface area contributed by atoms with Crippen molar-refractivity contribution in [2.45, 2.75) is 70.7 Å². The Morgan fingerprint density at radius 1 is 1.37 bits per heavy atom. The van der Waals surface area contributed by atoms with Gasteiger partial charge in [-0.1, -0.05) is 13.0 Å². The fraction of sp³-hybridized carbons (Fsp3) is 0.667. The van der Waals surface area contributed by atoms with Gasteiger partial charge in [0.05, 0.1) is 25.3 Å². The third-order valence-corrected chi connectivity index (χ3v) is 5.16. The Morgan fingerprint density at radius 2 is 2.15 bits per heavy atom. The number of fused-ring (bicyclic) bond motifs is 1. The Labute approximate surface area is 161 Å². The number of hydrogen-bond donors (Lipinski definition) is 1. The molecule has 150 valence electrons. The van der Waals surface area contributed by atoms with Gasteiger partial charge in [-0.3, -0.25) is 4.90 Å². The van der Waals surface area contributed by atoms with Crippen molar-refractivity contribution in [3.8, 4) is 0 Å². The largest absolute Gasteiger partial charge is 0.444 e. The zero-order chi connectivity index (χ0) is 19.6. The highest BCUT2D eigenvalue weighted by molar-refractivity contribution is 5.70. The molecule has 0 saturated carbocycles. The number of ether oxygens (including phenoxy) is 2. The standard InChI is InChI=1S/C21H31FN2O3/c1-5-23-16-11-17(13-26-12-16)24(20(25)27-21(2,3)4)19-9-6-14-10-15(22)7-8-18(14)19/h7-8,10,16-17,19,23H,5-6,9,11-13H2,1-4H3. The van der Waals surface area contributed by atoms with E-state index in [4.69, 9.17) is 9.47 Å². The highest BCUT2D eigenvalue weighted by Crippen LogP contribution is 2.39. The number of carbonyl (C=O) groups excluding carboxylic acids is 1. The first-order chi connectivity index (χ1) is 12.8. The lowest BCUT2D eigenvalue weighted by atomic mass is 10.00. The molecule has 6 heteroatoms. The molecule has 27 heavy (non-hydrogen) atoms. The van der Waals surface area contributed by atoms with Crippen LogP contribution in [0.25, 0.3) is 0 Å². The van der Waals surface area contributed by atoms with Gasteiger partial charge in [0.2, 0.25) is 0 Å². The maximum atomic E-state index is 13.6. The maximum absolute atomic E-state index is 13.6. The van der Waals surface area contributed by atoms with E-state index in [2.05, 4.69) is 12.2 Å². The monoisotopic (exact) mass is 378 g/mol. The van der Waals surface area contributed by atoms with Crippen LogP contribution in [0.1, 0.15) is 57.7 Å². The molecule has 0 aromatic heterocycles. The molecule has 1 N–H and O–H groups in total. The second kappa shape index (κ2) is 8.15. The molecule has 1 heterocycles. The molecule has 1 fully saturated rings. The number of nitrogens with zero attached hydrogens (tertiary/aromatic N) is 1. The Hall–Kier alpha value is -1.66. The van der Waals surface area contributed by atoms with Gasteiger partial charge < -0.3 is 14.8 Å². The van der Waals surface area contributed by atoms with Gasteiger partial charge in [0.15, 0.2) is 0 Å². The summed E-state index contributed by atoms with van der Waals surface area (Å²) < 4.78 is 25.2. The molecule has 3 unspecified atom stereocenters. The van der Waals surface area contributed by atoms with Crippen LogP contribution in [0.2, 0.25) is 0 Å². The normalized spacial score (nSPS) is 25.1. The Morgan fingerprint density at radius 3 is 2.85 bits per heavy atom. The highest BCUT2D eigenvalue weighted by atomic mass is 19.1. The fourth-order valence-corrected chi connectivity index (χ4v) is 4.13. The number of likely N-dealkylation sites (N-methyl/N-ethyl adjacent to an activating group) is 1. The number of amides is 1. The minimum Gasteiger partial charge on any atom is -0.444 e. The van der Waals surface area contributed by atoms with Gasteiger partial charge in [0, 0.05) is 6.04 Å². The van der Waals surface area contributed by atoms with Gasteiger partial charge in [0.1, 0.15) is 11.4 Å². The molecule has 2 aliphatic rings. The Bertz CT molecular complexity index is 672. The lowest BCUT2D eigenvalue weighted by molar-refractivity contribution is -0.0362. The second-order valence-corrected chi connectivity index (χ2v) is 8.47. The molecule has 1 aromatic carbocycles. The fourth-order valence-electron chi connectivity index (χ4n) is 4.13. The predicted octanol–water partition coefficient (Wildman–Crippen LogP) is 3.82. The van der Waals surface area contributed by atoms with E-state index >= 15 is 0 Å². The van der Waals surface area contributed by atoms with Crippen LogP contribution >= 0.6 is 0 Å².